The number of amides is 3. The molecule has 1 saturated heterocycles. The number of hydrogen-bond acceptors (Lipinski definition) is 3. The van der Waals surface area contributed by atoms with Crippen LogP contribution in [-0.4, -0.2) is 40.9 Å². The lowest BCUT2D eigenvalue weighted by molar-refractivity contribution is -0.127. The second kappa shape index (κ2) is 3.52. The number of nitrogens with zero attached hydrogens (tertiary/aromatic N) is 2. The summed E-state index contributed by atoms with van der Waals surface area (Å²) in [6, 6.07) is 5.38. The lowest BCUT2D eigenvalue weighted by atomic mass is 10.1. The van der Waals surface area contributed by atoms with E-state index in [9.17, 15) is 9.59 Å². The van der Waals surface area contributed by atoms with Crippen molar-refractivity contribution in [3.05, 3.63) is 29.8 Å². The highest BCUT2D eigenvalue weighted by Gasteiger charge is 2.41. The average Bonchev–Trinajstić information content (AvgIpc) is 2.46. The maximum Gasteiger partial charge on any atom is 0.327 e. The molecule has 1 aromatic rings. The van der Waals surface area contributed by atoms with Crippen LogP contribution >= 0.6 is 0 Å². The van der Waals surface area contributed by atoms with Gasteiger partial charge in [-0.3, -0.25) is 9.69 Å². The molecular weight excluding hydrogens is 208 g/mol. The fourth-order valence-electron chi connectivity index (χ4n) is 1.81. The van der Waals surface area contributed by atoms with Gasteiger partial charge in [0.1, 0.15) is 11.8 Å². The Balaban J connectivity index is 2.38. The Morgan fingerprint density at radius 1 is 1.12 bits per heavy atom. The second-order valence-electron chi connectivity index (χ2n) is 3.78. The van der Waals surface area contributed by atoms with E-state index in [4.69, 9.17) is 5.11 Å². The zero-order valence-corrected chi connectivity index (χ0v) is 9.04. The Morgan fingerprint density at radius 2 is 1.69 bits per heavy atom. The lowest BCUT2D eigenvalue weighted by Gasteiger charge is -2.16. The topological polar surface area (TPSA) is 60.9 Å². The summed E-state index contributed by atoms with van der Waals surface area (Å²) in [6.45, 7) is 0. The summed E-state index contributed by atoms with van der Waals surface area (Å²) in [5.41, 5.74) is 0.697. The van der Waals surface area contributed by atoms with E-state index >= 15 is 0 Å². The van der Waals surface area contributed by atoms with E-state index < -0.39 is 6.04 Å². The van der Waals surface area contributed by atoms with Gasteiger partial charge in [-0.1, -0.05) is 12.1 Å². The molecule has 1 fully saturated rings. The third-order valence-corrected chi connectivity index (χ3v) is 2.75. The summed E-state index contributed by atoms with van der Waals surface area (Å²) in [5.74, 6) is -0.116. The minimum atomic E-state index is -0.585. The van der Waals surface area contributed by atoms with Crippen molar-refractivity contribution in [2.24, 2.45) is 0 Å². The van der Waals surface area contributed by atoms with Crippen molar-refractivity contribution < 1.29 is 14.7 Å². The highest BCUT2D eigenvalue weighted by Crippen LogP contribution is 2.29. The van der Waals surface area contributed by atoms with Gasteiger partial charge in [-0.25, -0.2) is 4.79 Å². The van der Waals surface area contributed by atoms with Crippen LogP contribution in [0.4, 0.5) is 4.79 Å². The zero-order valence-electron chi connectivity index (χ0n) is 9.04. The van der Waals surface area contributed by atoms with Crippen molar-refractivity contribution in [3.63, 3.8) is 0 Å². The van der Waals surface area contributed by atoms with Crippen molar-refractivity contribution >= 4 is 11.9 Å². The molecule has 1 heterocycles. The number of aromatic hydroxyl groups is 1. The SMILES string of the molecule is CN1C(=O)C(c2ccc(O)cc2)N(C)C1=O. The Kier molecular flexibility index (Phi) is 2.30. The van der Waals surface area contributed by atoms with E-state index in [1.807, 2.05) is 0 Å². The molecule has 1 aliphatic heterocycles. The van der Waals surface area contributed by atoms with Gasteiger partial charge in [0.2, 0.25) is 0 Å². The minimum absolute atomic E-state index is 0.136. The van der Waals surface area contributed by atoms with E-state index in [1.54, 1.807) is 19.2 Å². The molecule has 2 rings (SSSR count). The van der Waals surface area contributed by atoms with Crippen molar-refractivity contribution in [3.8, 4) is 5.75 Å². The van der Waals surface area contributed by atoms with Gasteiger partial charge in [0.15, 0.2) is 0 Å². The summed E-state index contributed by atoms with van der Waals surface area (Å²) in [7, 11) is 3.04. The molecule has 0 aromatic heterocycles. The molecule has 1 unspecified atom stereocenters. The summed E-state index contributed by atoms with van der Waals surface area (Å²) in [6.07, 6.45) is 0. The molecule has 0 bridgehead atoms. The molecular formula is C11H12N2O3. The van der Waals surface area contributed by atoms with Gasteiger partial charge in [-0.2, -0.15) is 0 Å². The van der Waals surface area contributed by atoms with Gasteiger partial charge >= 0.3 is 6.03 Å². The number of likely N-dealkylation sites (N-methyl/N-ethyl adjacent to an activating group) is 2. The standard InChI is InChI=1S/C11H12N2O3/c1-12-9(10(15)13(2)11(12)16)7-3-5-8(14)6-4-7/h3-6,9,14H,1-2H3. The summed E-state index contributed by atoms with van der Waals surface area (Å²) >= 11 is 0. The second-order valence-corrected chi connectivity index (χ2v) is 3.78. The molecule has 16 heavy (non-hydrogen) atoms. The fraction of sp³-hybridized carbons (Fsp3) is 0.273. The van der Waals surface area contributed by atoms with Gasteiger partial charge in [0, 0.05) is 14.1 Å². The Labute approximate surface area is 92.9 Å². The summed E-state index contributed by atoms with van der Waals surface area (Å²) in [5, 5.41) is 9.16. The predicted octanol–water partition coefficient (Wildman–Crippen LogP) is 0.957. The quantitative estimate of drug-likeness (QED) is 0.717. The Morgan fingerprint density at radius 3 is 2.12 bits per heavy atom. The van der Waals surface area contributed by atoms with Crippen LogP contribution in [0.1, 0.15) is 11.6 Å². The van der Waals surface area contributed by atoms with Crippen LogP contribution in [0.5, 0.6) is 5.75 Å². The van der Waals surface area contributed by atoms with Gasteiger partial charge in [0.05, 0.1) is 0 Å². The van der Waals surface area contributed by atoms with Crippen molar-refractivity contribution in [2.45, 2.75) is 6.04 Å². The minimum Gasteiger partial charge on any atom is -0.508 e. The highest BCUT2D eigenvalue weighted by molar-refractivity contribution is 6.04. The van der Waals surface area contributed by atoms with Gasteiger partial charge < -0.3 is 10.0 Å². The first kappa shape index (κ1) is 10.5. The number of phenolic OH excluding ortho intramolecular Hbond substituents is 1. The Bertz CT molecular complexity index is 441. The molecule has 1 N–H and O–H groups in total. The number of carbonyl (C=O) groups excluding carboxylic acids is 2. The third kappa shape index (κ3) is 1.41. The van der Waals surface area contributed by atoms with Crippen LogP contribution in [0, 0.1) is 0 Å². The first-order valence-corrected chi connectivity index (χ1v) is 4.85. The number of phenols is 1. The monoisotopic (exact) mass is 220 g/mol. The van der Waals surface area contributed by atoms with E-state index in [1.165, 1.54) is 24.1 Å². The van der Waals surface area contributed by atoms with Crippen LogP contribution < -0.4 is 0 Å². The van der Waals surface area contributed by atoms with E-state index in [-0.39, 0.29) is 17.7 Å². The molecule has 0 aliphatic carbocycles. The van der Waals surface area contributed by atoms with E-state index in [2.05, 4.69) is 0 Å². The molecule has 0 radical (unpaired) electrons. The number of benzene rings is 1. The molecule has 1 aliphatic rings. The van der Waals surface area contributed by atoms with E-state index in [0.29, 0.717) is 5.56 Å². The smallest absolute Gasteiger partial charge is 0.327 e. The summed E-state index contributed by atoms with van der Waals surface area (Å²) in [4.78, 5) is 25.8. The molecule has 1 aromatic carbocycles. The van der Waals surface area contributed by atoms with Crippen LogP contribution in [0.25, 0.3) is 0 Å². The van der Waals surface area contributed by atoms with Crippen molar-refractivity contribution in [2.75, 3.05) is 14.1 Å². The predicted molar refractivity (Wildman–Crippen MR) is 56.8 cm³/mol. The zero-order chi connectivity index (χ0) is 11.9. The molecule has 3 amide bonds. The third-order valence-electron chi connectivity index (χ3n) is 2.75. The molecule has 84 valence electrons. The van der Waals surface area contributed by atoms with Gasteiger partial charge in [0.25, 0.3) is 5.91 Å². The van der Waals surface area contributed by atoms with Gasteiger partial charge in [-0.15, -0.1) is 0 Å². The highest BCUT2D eigenvalue weighted by atomic mass is 16.3. The Hall–Kier alpha value is -2.04. The average molecular weight is 220 g/mol. The molecule has 5 heteroatoms. The number of imide groups is 1. The normalized spacial score (nSPS) is 20.8. The van der Waals surface area contributed by atoms with E-state index in [0.717, 1.165) is 4.90 Å². The lowest BCUT2D eigenvalue weighted by Crippen LogP contribution is -2.27. The van der Waals surface area contributed by atoms with Crippen molar-refractivity contribution in [1.29, 1.82) is 0 Å². The largest absolute Gasteiger partial charge is 0.508 e. The van der Waals surface area contributed by atoms with Crippen LogP contribution in [-0.2, 0) is 4.79 Å². The first-order valence-electron chi connectivity index (χ1n) is 4.85. The van der Waals surface area contributed by atoms with Crippen molar-refractivity contribution in [1.82, 2.24) is 9.80 Å². The molecule has 5 nitrogen and oxygen atoms in total. The van der Waals surface area contributed by atoms with Gasteiger partial charge in [-0.05, 0) is 17.7 Å². The maximum absolute atomic E-state index is 11.8. The molecule has 0 spiro atoms. The fourth-order valence-corrected chi connectivity index (χ4v) is 1.81. The van der Waals surface area contributed by atoms with Crippen LogP contribution in [0.15, 0.2) is 24.3 Å². The molecule has 0 saturated carbocycles. The maximum atomic E-state index is 11.8. The first-order chi connectivity index (χ1) is 7.52. The molecule has 1 atom stereocenters. The number of urea groups is 1. The number of rotatable bonds is 1. The van der Waals surface area contributed by atoms with Crippen LogP contribution in [0.3, 0.4) is 0 Å². The number of hydrogen-bond donors (Lipinski definition) is 1. The summed E-state index contributed by atoms with van der Waals surface area (Å²) < 4.78 is 0. The van der Waals surface area contributed by atoms with Crippen LogP contribution in [0.2, 0.25) is 0 Å². The number of carbonyl (C=O) groups is 2.